The fraction of sp³-hybridized carbons (Fsp3) is 0.133. The van der Waals surface area contributed by atoms with Crippen molar-refractivity contribution in [3.63, 3.8) is 0 Å². The monoisotopic (exact) mass is 2080 g/mol. The second-order valence-corrected chi connectivity index (χ2v) is 21.5. The van der Waals surface area contributed by atoms with Crippen molar-refractivity contribution in [2.24, 2.45) is 0 Å². The van der Waals surface area contributed by atoms with Crippen LogP contribution in [-0.4, -0.2) is 77.7 Å². The first-order valence-electron chi connectivity index (χ1n) is 30.6. The summed E-state index contributed by atoms with van der Waals surface area (Å²) in [7, 11) is 3.31. The third-order valence-electron chi connectivity index (χ3n) is 13.0. The summed E-state index contributed by atoms with van der Waals surface area (Å²) in [6.45, 7) is 13.5. The first kappa shape index (κ1) is 90.4. The van der Waals surface area contributed by atoms with Crippen LogP contribution in [0.25, 0.3) is 88.6 Å². The third-order valence-corrected chi connectivity index (χ3v) is 13.0. The van der Waals surface area contributed by atoms with E-state index in [1.54, 1.807) is 26.4 Å². The number of para-hydroxylation sites is 4. The molecule has 102 heavy (non-hydrogen) atoms. The minimum Gasteiger partial charge on any atom is -0.540 e. The zero-order valence-electron chi connectivity index (χ0n) is 57.8. The molecule has 4 aromatic heterocycles. The predicted octanol–water partition coefficient (Wildman–Crippen LogP) is 19.4. The van der Waals surface area contributed by atoms with Crippen LogP contribution in [0.1, 0.15) is 61.0 Å². The van der Waals surface area contributed by atoms with Crippen molar-refractivity contribution in [2.45, 2.75) is 62.3 Å². The number of aliphatic hydroxyl groups is 4. The van der Waals surface area contributed by atoms with E-state index >= 15 is 0 Å². The van der Waals surface area contributed by atoms with Crippen molar-refractivity contribution in [1.29, 1.82) is 0 Å². The van der Waals surface area contributed by atoms with Crippen LogP contribution in [0.4, 0.5) is 4.39 Å². The van der Waals surface area contributed by atoms with Gasteiger partial charge in [0.1, 0.15) is 0 Å². The molecule has 4 N–H and O–H groups in total. The summed E-state index contributed by atoms with van der Waals surface area (Å²) in [5.74, 6) is 1.05. The van der Waals surface area contributed by atoms with Gasteiger partial charge in [-0.3, -0.25) is 43.5 Å². The summed E-state index contributed by atoms with van der Waals surface area (Å²) >= 11 is 0. The number of ketones is 4. The van der Waals surface area contributed by atoms with Gasteiger partial charge in [-0.25, -0.2) is 0 Å². The Balaban J connectivity index is 0.000000600. The number of halogens is 1. The number of aryl methyl sites for hydroxylation is 1. The minimum atomic E-state index is -0.296. The number of methoxy groups -OCH3 is 2. The Bertz CT molecular complexity index is 4530. The summed E-state index contributed by atoms with van der Waals surface area (Å²) in [5, 5.41) is 38.0. The molecule has 0 saturated heterocycles. The van der Waals surface area contributed by atoms with Crippen molar-refractivity contribution >= 4 is 66.7 Å². The maximum absolute atomic E-state index is 13.6. The number of carbonyl (C=O) groups is 4. The Kier molecular flexibility index (Phi) is 42.7. The quantitative estimate of drug-likeness (QED) is 0.0569. The van der Waals surface area contributed by atoms with Crippen molar-refractivity contribution in [3.05, 3.63) is 301 Å². The molecule has 0 fully saturated rings. The van der Waals surface area contributed by atoms with Gasteiger partial charge in [-0.1, -0.05) is 139 Å². The van der Waals surface area contributed by atoms with Crippen LogP contribution in [0.3, 0.4) is 0 Å². The summed E-state index contributed by atoms with van der Waals surface area (Å²) < 4.78 is 24.1. The van der Waals surface area contributed by atoms with Gasteiger partial charge in [0.15, 0.2) is 23.1 Å². The van der Waals surface area contributed by atoms with Gasteiger partial charge in [0, 0.05) is 122 Å². The molecule has 4 radical (unpaired) electrons. The second-order valence-electron chi connectivity index (χ2n) is 21.5. The maximum Gasteiger partial charge on any atom is 0.155 e. The number of aromatic nitrogens is 4. The average Bonchev–Trinajstić information content (AvgIpc) is 0.839. The zero-order chi connectivity index (χ0) is 71.5. The number of hydrogen-bond donors (Lipinski definition) is 4. The van der Waals surface area contributed by atoms with E-state index in [4.69, 9.17) is 29.9 Å². The number of carbonyl (C=O) groups excluding carboxylic acids is 4. The molecule has 0 aliphatic heterocycles. The van der Waals surface area contributed by atoms with Crippen molar-refractivity contribution in [2.75, 3.05) is 14.2 Å². The van der Waals surface area contributed by atoms with Crippen LogP contribution < -0.4 is 9.47 Å². The molecule has 0 aliphatic carbocycles. The molecular weight excluding hydrogens is 2000 g/mol. The van der Waals surface area contributed by atoms with Crippen molar-refractivity contribution in [3.8, 4) is 56.5 Å². The summed E-state index contributed by atoms with van der Waals surface area (Å²) in [5.41, 5.74) is 11.8. The topological polar surface area (TPSA) is 219 Å². The number of aliphatic hydroxyl groups excluding tert-OH is 4. The van der Waals surface area contributed by atoms with E-state index in [-0.39, 0.29) is 132 Å². The van der Waals surface area contributed by atoms with E-state index in [1.807, 2.05) is 152 Å². The number of nitrogens with zero attached hydrogens (tertiary/aromatic N) is 4. The molecule has 0 atom stereocenters. The number of ether oxygens (including phenoxy) is 2. The average molecular weight is 2080 g/mol. The van der Waals surface area contributed by atoms with Gasteiger partial charge in [0.05, 0.1) is 59.3 Å². The predicted molar refractivity (Wildman–Crippen MR) is 390 cm³/mol. The molecule has 0 saturated carbocycles. The zero-order valence-corrected chi connectivity index (χ0v) is 67.4. The SMILES string of the molecule is CC(=O)C=C(C)O.CC(=O)C=C(C)O.CC(=O)C=C(C)O.CC(=O)C=C(C)O.COc1c[c-]c(-c2ccc3ccccc3n2)cc1.COc1ccc[c-]c1-c1ccc2ccccc2n1.Cc1ccc[c-]c1-c1ccc2ccccc2n1.Fc1ccc[c-]c1-c1ccc2ccccc2n1.[Ir].[Ir].[Ir].[Ir]. The van der Waals surface area contributed by atoms with Crippen LogP contribution in [0, 0.1) is 37.0 Å². The second kappa shape index (κ2) is 48.2. The molecule has 12 aromatic rings. The Morgan fingerprint density at radius 2 is 0.686 bits per heavy atom. The maximum atomic E-state index is 13.6. The Morgan fingerprint density at radius 1 is 0.363 bits per heavy atom. The van der Waals surface area contributed by atoms with Crippen molar-refractivity contribution < 1.29 is 134 Å². The molecule has 0 bridgehead atoms. The summed E-state index contributed by atoms with van der Waals surface area (Å²) in [6, 6.07) is 82.8. The molecule has 4 heterocycles. The Labute approximate surface area is 649 Å². The molecule has 12 rings (SSSR count). The van der Waals surface area contributed by atoms with Gasteiger partial charge in [0.25, 0.3) is 0 Å². The van der Waals surface area contributed by atoms with E-state index in [2.05, 4.69) is 99.7 Å². The van der Waals surface area contributed by atoms with Gasteiger partial charge in [0.2, 0.25) is 0 Å². The number of fused-ring (bicyclic) bond motifs is 4. The Morgan fingerprint density at radius 3 is 1.01 bits per heavy atom. The first-order chi connectivity index (χ1) is 46.9. The third kappa shape index (κ3) is 32.3. The molecule has 0 unspecified atom stereocenters. The number of allylic oxidation sites excluding steroid dienone is 8. The van der Waals surface area contributed by atoms with Gasteiger partial charge >= 0.3 is 0 Å². The first-order valence-corrected chi connectivity index (χ1v) is 30.6. The molecule has 8 aromatic carbocycles. The van der Waals surface area contributed by atoms with E-state index in [9.17, 15) is 23.6 Å². The number of rotatable bonds is 10. The van der Waals surface area contributed by atoms with Gasteiger partial charge < -0.3 is 29.9 Å². The molecular formula is C83H77FIr4N4O10-4. The van der Waals surface area contributed by atoms with Crippen molar-refractivity contribution in [1.82, 2.24) is 19.9 Å². The Hall–Kier alpha value is -9.63. The van der Waals surface area contributed by atoms with E-state index in [0.717, 1.165) is 83.5 Å². The van der Waals surface area contributed by atoms with Gasteiger partial charge in [-0.05, 0) is 124 Å². The molecule has 0 amide bonds. The van der Waals surface area contributed by atoms with Crippen LogP contribution >= 0.6 is 0 Å². The summed E-state index contributed by atoms with van der Waals surface area (Å²) in [6.07, 6.45) is 4.67. The fourth-order valence-corrected chi connectivity index (χ4v) is 8.91. The molecule has 0 aliphatic rings. The number of hydrogen-bond acceptors (Lipinski definition) is 14. The standard InChI is InChI=1S/2C16H12NO.C16H12N.C15H9FN.4C5H8O2.4Ir/c1-18-16-9-5-3-7-13(16)15-11-10-12-6-2-4-8-14(12)17-15;1-18-14-9-6-13(7-10-14)16-11-8-12-4-2-3-5-15(12)17-16;1-12-6-2-4-8-14(12)16-11-10-13-7-3-5-9-15(13)17-16;16-13-7-3-2-6-12(13)15-10-9-11-5-1-4-8-14(11)17-15;4*1-4(6)3-5(2)7;;;;/h2*2-6,8-11H,1H3;2-7,9-11H,1H3;1-5,7-10H;4*3,6H,1-2H3;;;;/q4*-1;;;;;;;;. The molecule has 536 valence electrons. The smallest absolute Gasteiger partial charge is 0.155 e. The van der Waals surface area contributed by atoms with Crippen LogP contribution in [0.2, 0.25) is 0 Å². The van der Waals surface area contributed by atoms with Gasteiger partial charge in [-0.2, -0.15) is 0 Å². The normalized spacial score (nSPS) is 10.4. The van der Waals surface area contributed by atoms with Gasteiger partial charge in [-0.15, -0.1) is 114 Å². The van der Waals surface area contributed by atoms with Crippen LogP contribution in [0.5, 0.6) is 11.5 Å². The van der Waals surface area contributed by atoms with E-state index in [1.165, 1.54) is 96.7 Å². The fourth-order valence-electron chi connectivity index (χ4n) is 8.91. The summed E-state index contributed by atoms with van der Waals surface area (Å²) in [4.78, 5) is 58.5. The number of benzene rings is 8. The molecule has 0 spiro atoms. The minimum absolute atomic E-state index is 0. The van der Waals surface area contributed by atoms with Crippen LogP contribution in [-0.2, 0) is 99.6 Å². The largest absolute Gasteiger partial charge is 0.540 e. The molecule has 14 nitrogen and oxygen atoms in total. The van der Waals surface area contributed by atoms with E-state index < -0.39 is 0 Å². The number of pyridine rings is 4. The van der Waals surface area contributed by atoms with Crippen LogP contribution in [0.15, 0.2) is 266 Å². The molecule has 19 heteroatoms. The van der Waals surface area contributed by atoms with E-state index in [0.29, 0.717) is 11.3 Å².